The third-order valence-electron chi connectivity index (χ3n) is 5.16. The van der Waals surface area contributed by atoms with Gasteiger partial charge in [0.15, 0.2) is 5.82 Å². The average Bonchev–Trinajstić information content (AvgIpc) is 3.15. The van der Waals surface area contributed by atoms with Crippen molar-refractivity contribution < 1.29 is 13.4 Å². The summed E-state index contributed by atoms with van der Waals surface area (Å²) in [5.74, 6) is 1.97. The molecule has 2 fully saturated rings. The van der Waals surface area contributed by atoms with Gasteiger partial charge in [0.1, 0.15) is 5.76 Å². The first-order chi connectivity index (χ1) is 11.0. The van der Waals surface area contributed by atoms with E-state index in [1.54, 1.807) is 0 Å². The van der Waals surface area contributed by atoms with E-state index in [1.807, 2.05) is 13.8 Å². The lowest BCUT2D eigenvalue weighted by atomic mass is 9.85. The molecular formula is C16H21FN4O2. The second-order valence-electron chi connectivity index (χ2n) is 6.81. The van der Waals surface area contributed by atoms with Crippen LogP contribution >= 0.6 is 0 Å². The van der Waals surface area contributed by atoms with Crippen molar-refractivity contribution >= 4 is 0 Å². The minimum Gasteiger partial charge on any atom is -0.361 e. The number of alkyl halides is 1. The molecule has 1 saturated carbocycles. The van der Waals surface area contributed by atoms with Gasteiger partial charge in [0.25, 0.3) is 5.89 Å². The van der Waals surface area contributed by atoms with Crippen molar-refractivity contribution in [3.8, 4) is 0 Å². The second-order valence-corrected chi connectivity index (χ2v) is 6.81. The van der Waals surface area contributed by atoms with E-state index >= 15 is 4.39 Å². The fourth-order valence-electron chi connectivity index (χ4n) is 3.36. The van der Waals surface area contributed by atoms with Gasteiger partial charge in [-0.2, -0.15) is 4.98 Å². The summed E-state index contributed by atoms with van der Waals surface area (Å²) >= 11 is 0. The van der Waals surface area contributed by atoms with Crippen LogP contribution < -0.4 is 0 Å². The molecule has 0 N–H and O–H groups in total. The average molecular weight is 320 g/mol. The first kappa shape index (κ1) is 14.8. The molecule has 23 heavy (non-hydrogen) atoms. The molecule has 6 nitrogen and oxygen atoms in total. The van der Waals surface area contributed by atoms with Gasteiger partial charge >= 0.3 is 0 Å². The molecule has 3 heterocycles. The standard InChI is InChI=1S/C16H21FN4O2/c1-10-13(11(2)22-19-10)8-21-7-6-16(17,9-21)15-18-14(20-23-15)12-4-3-5-12/h12H,3-9H2,1-2H3. The van der Waals surface area contributed by atoms with Crippen molar-refractivity contribution in [3.05, 3.63) is 28.7 Å². The van der Waals surface area contributed by atoms with Gasteiger partial charge in [-0.05, 0) is 26.7 Å². The molecule has 0 radical (unpaired) electrons. The maximum absolute atomic E-state index is 15.2. The van der Waals surface area contributed by atoms with Crippen LogP contribution in [0.5, 0.6) is 0 Å². The molecule has 7 heteroatoms. The summed E-state index contributed by atoms with van der Waals surface area (Å²) in [7, 11) is 0. The maximum Gasteiger partial charge on any atom is 0.265 e. The normalized spacial score (nSPS) is 25.9. The number of hydrogen-bond donors (Lipinski definition) is 0. The van der Waals surface area contributed by atoms with E-state index in [0.717, 1.165) is 29.9 Å². The zero-order chi connectivity index (χ0) is 16.0. The van der Waals surface area contributed by atoms with E-state index in [1.165, 1.54) is 6.42 Å². The summed E-state index contributed by atoms with van der Waals surface area (Å²) in [6.07, 6.45) is 3.73. The van der Waals surface area contributed by atoms with Crippen LogP contribution in [0, 0.1) is 13.8 Å². The molecule has 1 aliphatic heterocycles. The third-order valence-corrected chi connectivity index (χ3v) is 5.16. The maximum atomic E-state index is 15.2. The van der Waals surface area contributed by atoms with Crippen LogP contribution in [-0.2, 0) is 12.2 Å². The first-order valence-corrected chi connectivity index (χ1v) is 8.22. The van der Waals surface area contributed by atoms with Gasteiger partial charge in [-0.25, -0.2) is 4.39 Å². The molecule has 1 atom stereocenters. The highest BCUT2D eigenvalue weighted by Crippen LogP contribution is 2.39. The predicted octanol–water partition coefficient (Wildman–Crippen LogP) is 3.01. The van der Waals surface area contributed by atoms with Crippen molar-refractivity contribution in [3.63, 3.8) is 0 Å². The zero-order valence-electron chi connectivity index (χ0n) is 13.5. The van der Waals surface area contributed by atoms with Gasteiger partial charge in [0.2, 0.25) is 5.67 Å². The van der Waals surface area contributed by atoms with Gasteiger partial charge in [-0.15, -0.1) is 0 Å². The molecule has 0 bridgehead atoms. The van der Waals surface area contributed by atoms with E-state index < -0.39 is 5.67 Å². The minimum atomic E-state index is -1.55. The van der Waals surface area contributed by atoms with Crippen molar-refractivity contribution in [1.82, 2.24) is 20.2 Å². The molecule has 1 unspecified atom stereocenters. The lowest BCUT2D eigenvalue weighted by Crippen LogP contribution is -2.27. The van der Waals surface area contributed by atoms with Crippen LogP contribution in [0.3, 0.4) is 0 Å². The molecule has 4 rings (SSSR count). The fourth-order valence-corrected chi connectivity index (χ4v) is 3.36. The van der Waals surface area contributed by atoms with Gasteiger partial charge < -0.3 is 9.05 Å². The summed E-state index contributed by atoms with van der Waals surface area (Å²) in [6, 6.07) is 0. The monoisotopic (exact) mass is 320 g/mol. The summed E-state index contributed by atoms with van der Waals surface area (Å²) in [5.41, 5.74) is 0.354. The third kappa shape index (κ3) is 2.56. The summed E-state index contributed by atoms with van der Waals surface area (Å²) < 4.78 is 25.7. The largest absolute Gasteiger partial charge is 0.361 e. The van der Waals surface area contributed by atoms with Gasteiger partial charge in [0.05, 0.1) is 5.69 Å². The van der Waals surface area contributed by atoms with E-state index in [-0.39, 0.29) is 12.4 Å². The number of halogens is 1. The predicted molar refractivity (Wildman–Crippen MR) is 79.5 cm³/mol. The molecule has 0 aromatic carbocycles. The molecule has 1 aliphatic carbocycles. The Morgan fingerprint density at radius 1 is 1.26 bits per heavy atom. The Morgan fingerprint density at radius 2 is 2.09 bits per heavy atom. The smallest absolute Gasteiger partial charge is 0.265 e. The van der Waals surface area contributed by atoms with E-state index in [9.17, 15) is 0 Å². The van der Waals surface area contributed by atoms with E-state index in [4.69, 9.17) is 9.05 Å². The quantitative estimate of drug-likeness (QED) is 0.862. The lowest BCUT2D eigenvalue weighted by Gasteiger charge is -2.21. The highest BCUT2D eigenvalue weighted by Gasteiger charge is 2.45. The molecule has 0 amide bonds. The Balaban J connectivity index is 1.47. The fraction of sp³-hybridized carbons (Fsp3) is 0.688. The second kappa shape index (κ2) is 5.40. The topological polar surface area (TPSA) is 68.2 Å². The number of hydrogen-bond acceptors (Lipinski definition) is 6. The van der Waals surface area contributed by atoms with Crippen molar-refractivity contribution in [1.29, 1.82) is 0 Å². The lowest BCUT2D eigenvalue weighted by molar-refractivity contribution is 0.115. The Hall–Kier alpha value is -1.76. The van der Waals surface area contributed by atoms with Crippen LogP contribution in [0.2, 0.25) is 0 Å². The molecule has 2 aliphatic rings. The summed E-state index contributed by atoms with van der Waals surface area (Å²) in [6.45, 7) is 5.35. The molecule has 0 spiro atoms. The minimum absolute atomic E-state index is 0.140. The van der Waals surface area contributed by atoms with Crippen LogP contribution in [-0.4, -0.2) is 33.3 Å². The SMILES string of the molecule is Cc1noc(C)c1CN1CCC(F)(c2nc(C3CCC3)no2)C1. The molecule has 2 aromatic rings. The van der Waals surface area contributed by atoms with Gasteiger partial charge in [-0.3, -0.25) is 4.90 Å². The zero-order valence-corrected chi connectivity index (χ0v) is 13.5. The van der Waals surface area contributed by atoms with Crippen molar-refractivity contribution in [2.45, 2.75) is 57.7 Å². The summed E-state index contributed by atoms with van der Waals surface area (Å²) in [4.78, 5) is 6.40. The van der Waals surface area contributed by atoms with Gasteiger partial charge in [0, 0.05) is 37.5 Å². The Labute approximate surface area is 134 Å². The van der Waals surface area contributed by atoms with E-state index in [0.29, 0.717) is 31.3 Å². The molecule has 1 saturated heterocycles. The van der Waals surface area contributed by atoms with Crippen molar-refractivity contribution in [2.75, 3.05) is 13.1 Å². The van der Waals surface area contributed by atoms with E-state index in [2.05, 4.69) is 20.2 Å². The first-order valence-electron chi connectivity index (χ1n) is 8.22. The number of likely N-dealkylation sites (tertiary alicyclic amines) is 1. The Bertz CT molecular complexity index is 689. The highest BCUT2D eigenvalue weighted by atomic mass is 19.1. The number of aryl methyl sites for hydroxylation is 2. The Kier molecular flexibility index (Phi) is 3.48. The molecular weight excluding hydrogens is 299 g/mol. The van der Waals surface area contributed by atoms with Crippen molar-refractivity contribution in [2.24, 2.45) is 0 Å². The van der Waals surface area contributed by atoms with Crippen LogP contribution in [0.25, 0.3) is 0 Å². The molecule has 124 valence electrons. The number of nitrogens with zero attached hydrogens (tertiary/aromatic N) is 4. The summed E-state index contributed by atoms with van der Waals surface area (Å²) in [5, 5.41) is 7.94. The van der Waals surface area contributed by atoms with Gasteiger partial charge in [-0.1, -0.05) is 16.7 Å². The number of rotatable bonds is 4. The Morgan fingerprint density at radius 3 is 2.74 bits per heavy atom. The van der Waals surface area contributed by atoms with Crippen LogP contribution in [0.4, 0.5) is 4.39 Å². The number of aromatic nitrogens is 3. The van der Waals surface area contributed by atoms with Crippen LogP contribution in [0.15, 0.2) is 9.05 Å². The highest BCUT2D eigenvalue weighted by molar-refractivity contribution is 5.21. The van der Waals surface area contributed by atoms with Crippen LogP contribution in [0.1, 0.15) is 60.3 Å². The molecule has 2 aromatic heterocycles.